The summed E-state index contributed by atoms with van der Waals surface area (Å²) in [5, 5.41) is 2.74. The fourth-order valence-electron chi connectivity index (χ4n) is 3.48. The molecule has 1 amide bonds. The van der Waals surface area contributed by atoms with E-state index in [1.165, 1.54) is 46.9 Å². The molecule has 1 aliphatic heterocycles. The summed E-state index contributed by atoms with van der Waals surface area (Å²) in [4.78, 5) is 16.8. The SMILES string of the molecule is O=C(Nc1ccnc2ccc(C(F)(F)F)cc12)c1ccc(S(=O)(=O)N2CCCC2)cc1. The monoisotopic (exact) mass is 449 g/mol. The normalized spacial score (nSPS) is 15.3. The molecule has 162 valence electrons. The van der Waals surface area contributed by atoms with E-state index in [2.05, 4.69) is 10.3 Å². The highest BCUT2D eigenvalue weighted by atomic mass is 32.2. The zero-order chi connectivity index (χ0) is 22.2. The Morgan fingerprint density at radius 1 is 1.00 bits per heavy atom. The second-order valence-electron chi connectivity index (χ2n) is 7.18. The molecule has 10 heteroatoms. The number of alkyl halides is 3. The molecule has 1 aliphatic rings. The maximum atomic E-state index is 13.1. The summed E-state index contributed by atoms with van der Waals surface area (Å²) in [7, 11) is -3.60. The van der Waals surface area contributed by atoms with Crippen molar-refractivity contribution in [3.8, 4) is 0 Å². The van der Waals surface area contributed by atoms with Crippen molar-refractivity contribution in [2.45, 2.75) is 23.9 Å². The van der Waals surface area contributed by atoms with Crippen LogP contribution in [0.4, 0.5) is 18.9 Å². The predicted molar refractivity (Wildman–Crippen MR) is 109 cm³/mol. The molecule has 0 radical (unpaired) electrons. The quantitative estimate of drug-likeness (QED) is 0.645. The number of carbonyl (C=O) groups excluding carboxylic acids is 1. The topological polar surface area (TPSA) is 79.4 Å². The predicted octanol–water partition coefficient (Wildman–Crippen LogP) is 4.29. The Bertz CT molecular complexity index is 1240. The second kappa shape index (κ2) is 7.93. The first-order valence-corrected chi connectivity index (χ1v) is 11.0. The van der Waals surface area contributed by atoms with Gasteiger partial charge in [0.2, 0.25) is 10.0 Å². The average molecular weight is 449 g/mol. The van der Waals surface area contributed by atoms with E-state index in [0.717, 1.165) is 25.0 Å². The summed E-state index contributed by atoms with van der Waals surface area (Å²) in [6.07, 6.45) is -1.51. The van der Waals surface area contributed by atoms with Crippen molar-refractivity contribution in [2.24, 2.45) is 0 Å². The van der Waals surface area contributed by atoms with E-state index >= 15 is 0 Å². The van der Waals surface area contributed by atoms with Gasteiger partial charge in [-0.05, 0) is 61.4 Å². The number of pyridine rings is 1. The van der Waals surface area contributed by atoms with Crippen LogP contribution in [-0.2, 0) is 16.2 Å². The van der Waals surface area contributed by atoms with Gasteiger partial charge in [0.1, 0.15) is 0 Å². The van der Waals surface area contributed by atoms with Crippen molar-refractivity contribution in [3.63, 3.8) is 0 Å². The van der Waals surface area contributed by atoms with Gasteiger partial charge in [0.25, 0.3) is 5.91 Å². The van der Waals surface area contributed by atoms with Crippen LogP contribution < -0.4 is 5.32 Å². The van der Waals surface area contributed by atoms with Gasteiger partial charge in [-0.1, -0.05) is 0 Å². The number of anilines is 1. The van der Waals surface area contributed by atoms with Crippen LogP contribution in [0.1, 0.15) is 28.8 Å². The van der Waals surface area contributed by atoms with Crippen LogP contribution in [-0.4, -0.2) is 36.7 Å². The number of fused-ring (bicyclic) bond motifs is 1. The molecule has 0 saturated carbocycles. The summed E-state index contributed by atoms with van der Waals surface area (Å²) >= 11 is 0. The largest absolute Gasteiger partial charge is 0.416 e. The lowest BCUT2D eigenvalue weighted by Gasteiger charge is -2.15. The van der Waals surface area contributed by atoms with Crippen molar-refractivity contribution in [2.75, 3.05) is 18.4 Å². The third-order valence-electron chi connectivity index (χ3n) is 5.14. The van der Waals surface area contributed by atoms with E-state index in [0.29, 0.717) is 18.6 Å². The van der Waals surface area contributed by atoms with Gasteiger partial charge in [-0.3, -0.25) is 9.78 Å². The molecule has 1 saturated heterocycles. The summed E-state index contributed by atoms with van der Waals surface area (Å²) in [5.41, 5.74) is -0.190. The minimum Gasteiger partial charge on any atom is -0.321 e. The molecule has 0 aliphatic carbocycles. The summed E-state index contributed by atoms with van der Waals surface area (Å²) in [6, 6.07) is 9.98. The van der Waals surface area contributed by atoms with E-state index in [1.54, 1.807) is 0 Å². The van der Waals surface area contributed by atoms with Crippen molar-refractivity contribution >= 4 is 32.5 Å². The number of halogens is 3. The zero-order valence-electron chi connectivity index (χ0n) is 16.2. The standard InChI is InChI=1S/C21H18F3N3O3S/c22-21(23,24)15-5-8-18-17(13-15)19(9-10-25-18)26-20(28)14-3-6-16(7-4-14)31(29,30)27-11-1-2-12-27/h3-10,13H,1-2,11-12H2,(H,25,26,28). The Labute approximate surface area is 176 Å². The number of sulfonamides is 1. The van der Waals surface area contributed by atoms with E-state index in [4.69, 9.17) is 0 Å². The number of benzene rings is 2. The molecule has 6 nitrogen and oxygen atoms in total. The molecule has 4 rings (SSSR count). The summed E-state index contributed by atoms with van der Waals surface area (Å²) in [5.74, 6) is -0.574. The highest BCUT2D eigenvalue weighted by Crippen LogP contribution is 2.33. The van der Waals surface area contributed by atoms with Crippen molar-refractivity contribution in [3.05, 3.63) is 65.9 Å². The molecule has 0 atom stereocenters. The Morgan fingerprint density at radius 3 is 2.32 bits per heavy atom. The first-order chi connectivity index (χ1) is 14.7. The van der Waals surface area contributed by atoms with Gasteiger partial charge in [0, 0.05) is 30.2 Å². The van der Waals surface area contributed by atoms with Gasteiger partial charge in [0.05, 0.1) is 21.7 Å². The molecule has 0 bridgehead atoms. The molecular formula is C21H18F3N3O3S. The Balaban J connectivity index is 1.59. The lowest BCUT2D eigenvalue weighted by molar-refractivity contribution is -0.137. The molecular weight excluding hydrogens is 431 g/mol. The number of nitrogens with one attached hydrogen (secondary N) is 1. The number of nitrogens with zero attached hydrogens (tertiary/aromatic N) is 2. The van der Waals surface area contributed by atoms with E-state index in [9.17, 15) is 26.4 Å². The van der Waals surface area contributed by atoms with Crippen LogP contribution in [0.25, 0.3) is 10.9 Å². The van der Waals surface area contributed by atoms with Gasteiger partial charge in [-0.15, -0.1) is 0 Å². The number of amides is 1. The van der Waals surface area contributed by atoms with E-state index in [1.807, 2.05) is 0 Å². The summed E-state index contributed by atoms with van der Waals surface area (Å²) in [6.45, 7) is 0.944. The highest BCUT2D eigenvalue weighted by Gasteiger charge is 2.31. The second-order valence-corrected chi connectivity index (χ2v) is 9.12. The fraction of sp³-hybridized carbons (Fsp3) is 0.238. The third-order valence-corrected chi connectivity index (χ3v) is 7.05. The van der Waals surface area contributed by atoms with Crippen molar-refractivity contribution < 1.29 is 26.4 Å². The first-order valence-electron chi connectivity index (χ1n) is 9.54. The highest BCUT2D eigenvalue weighted by molar-refractivity contribution is 7.89. The number of rotatable bonds is 4. The smallest absolute Gasteiger partial charge is 0.321 e. The Kier molecular flexibility index (Phi) is 5.44. The van der Waals surface area contributed by atoms with Crippen LogP contribution in [0.5, 0.6) is 0 Å². The molecule has 1 aromatic heterocycles. The first kappa shape index (κ1) is 21.3. The lowest BCUT2D eigenvalue weighted by Crippen LogP contribution is -2.27. The molecule has 0 unspecified atom stereocenters. The number of hydrogen-bond donors (Lipinski definition) is 1. The summed E-state index contributed by atoms with van der Waals surface area (Å²) < 4.78 is 65.8. The van der Waals surface area contributed by atoms with E-state index < -0.39 is 27.7 Å². The fourth-order valence-corrected chi connectivity index (χ4v) is 5.00. The number of hydrogen-bond acceptors (Lipinski definition) is 4. The van der Waals surface area contributed by atoms with Crippen molar-refractivity contribution in [1.29, 1.82) is 0 Å². The molecule has 31 heavy (non-hydrogen) atoms. The Hall–Kier alpha value is -2.98. The molecule has 3 aromatic rings. The molecule has 1 N–H and O–H groups in total. The minimum atomic E-state index is -4.53. The molecule has 2 heterocycles. The van der Waals surface area contributed by atoms with Gasteiger partial charge >= 0.3 is 6.18 Å². The number of aromatic nitrogens is 1. The van der Waals surface area contributed by atoms with Gasteiger partial charge in [0.15, 0.2) is 0 Å². The third kappa shape index (κ3) is 4.26. The number of carbonyl (C=O) groups is 1. The van der Waals surface area contributed by atoms with Crippen LogP contribution in [0, 0.1) is 0 Å². The van der Waals surface area contributed by atoms with Gasteiger partial charge in [-0.25, -0.2) is 8.42 Å². The maximum absolute atomic E-state index is 13.1. The van der Waals surface area contributed by atoms with Crippen LogP contribution in [0.2, 0.25) is 0 Å². The zero-order valence-corrected chi connectivity index (χ0v) is 17.0. The van der Waals surface area contributed by atoms with Gasteiger partial charge in [-0.2, -0.15) is 17.5 Å². The maximum Gasteiger partial charge on any atom is 0.416 e. The Morgan fingerprint density at radius 2 is 1.68 bits per heavy atom. The van der Waals surface area contributed by atoms with Crippen LogP contribution in [0.15, 0.2) is 59.6 Å². The lowest BCUT2D eigenvalue weighted by atomic mass is 10.1. The molecule has 0 spiro atoms. The van der Waals surface area contributed by atoms with Crippen LogP contribution in [0.3, 0.4) is 0 Å². The van der Waals surface area contributed by atoms with Crippen molar-refractivity contribution in [1.82, 2.24) is 9.29 Å². The molecule has 2 aromatic carbocycles. The van der Waals surface area contributed by atoms with Gasteiger partial charge < -0.3 is 5.32 Å². The van der Waals surface area contributed by atoms with Crippen LogP contribution >= 0.6 is 0 Å². The molecule has 1 fully saturated rings. The average Bonchev–Trinajstić information content (AvgIpc) is 3.29. The minimum absolute atomic E-state index is 0.0927. The van der Waals surface area contributed by atoms with E-state index in [-0.39, 0.29) is 21.5 Å².